The van der Waals surface area contributed by atoms with E-state index in [0.29, 0.717) is 0 Å². The summed E-state index contributed by atoms with van der Waals surface area (Å²) in [5.41, 5.74) is 17.2. The molecule has 0 amide bonds. The fraction of sp³-hybridized carbons (Fsp3) is 0.0185. The number of hydrogen-bond acceptors (Lipinski definition) is 2. The van der Waals surface area contributed by atoms with Gasteiger partial charge in [-0.2, -0.15) is 0 Å². The van der Waals surface area contributed by atoms with Crippen LogP contribution in [0, 0.1) is 0 Å². The van der Waals surface area contributed by atoms with Gasteiger partial charge in [-0.3, -0.25) is 0 Å². The number of rotatable bonds is 6. The minimum atomic E-state index is -0.550. The van der Waals surface area contributed by atoms with E-state index in [2.05, 4.69) is 200 Å². The lowest BCUT2D eigenvalue weighted by molar-refractivity contribution is 0.669. The molecule has 1 aliphatic carbocycles. The summed E-state index contributed by atoms with van der Waals surface area (Å²) in [6.07, 6.45) is 0. The maximum atomic E-state index is 6.32. The zero-order valence-electron chi connectivity index (χ0n) is 30.6. The van der Waals surface area contributed by atoms with E-state index in [-0.39, 0.29) is 0 Å². The van der Waals surface area contributed by atoms with Gasteiger partial charge in [0.15, 0.2) is 0 Å². The maximum Gasteiger partial charge on any atom is 0.135 e. The molecule has 0 fully saturated rings. The van der Waals surface area contributed by atoms with E-state index in [1.807, 2.05) is 12.1 Å². The van der Waals surface area contributed by atoms with Crippen molar-refractivity contribution in [3.63, 3.8) is 0 Å². The fourth-order valence-corrected chi connectivity index (χ4v) is 9.05. The van der Waals surface area contributed by atoms with E-state index >= 15 is 0 Å². The van der Waals surface area contributed by atoms with Gasteiger partial charge in [0.05, 0.1) is 16.8 Å². The highest BCUT2D eigenvalue weighted by molar-refractivity contribution is 6.07. The van der Waals surface area contributed by atoms with E-state index in [1.165, 1.54) is 33.4 Å². The number of hydrogen-bond donors (Lipinski definition) is 0. The van der Waals surface area contributed by atoms with Crippen LogP contribution in [0.3, 0.4) is 0 Å². The molecule has 8 aromatic carbocycles. The standard InChI is InChI=1S/C54H35NO/c1-5-17-36(18-6-1)39-32-50(37-19-7-2-8-20-37)55-51(33-39)46-35-49-45(34-44(46)38-29-30-53-47(31-38)43-26-14-16-28-52(43)56-53)42-25-13-15-27-48(42)54(49,40-21-9-3-10-22-40)41-23-11-4-12-24-41/h1-35H. The lowest BCUT2D eigenvalue weighted by atomic mass is 9.67. The summed E-state index contributed by atoms with van der Waals surface area (Å²) in [6.45, 7) is 0. The van der Waals surface area contributed by atoms with Gasteiger partial charge < -0.3 is 4.42 Å². The number of nitrogens with zero attached hydrogens (tertiary/aromatic N) is 1. The lowest BCUT2D eigenvalue weighted by Gasteiger charge is -2.34. The molecule has 0 atom stereocenters. The van der Waals surface area contributed by atoms with E-state index < -0.39 is 5.41 Å². The highest BCUT2D eigenvalue weighted by atomic mass is 16.3. The third kappa shape index (κ3) is 5.00. The van der Waals surface area contributed by atoms with Crippen LogP contribution in [0.4, 0.5) is 0 Å². The van der Waals surface area contributed by atoms with Gasteiger partial charge in [-0.05, 0) is 98.1 Å². The summed E-state index contributed by atoms with van der Waals surface area (Å²) < 4.78 is 6.32. The molecule has 0 aliphatic heterocycles. The topological polar surface area (TPSA) is 26.0 Å². The van der Waals surface area contributed by atoms with E-state index in [9.17, 15) is 0 Å². The van der Waals surface area contributed by atoms with Crippen LogP contribution in [0.15, 0.2) is 217 Å². The van der Waals surface area contributed by atoms with Crippen molar-refractivity contribution >= 4 is 21.9 Å². The van der Waals surface area contributed by atoms with Crippen molar-refractivity contribution in [3.05, 3.63) is 235 Å². The van der Waals surface area contributed by atoms with Gasteiger partial charge in [0, 0.05) is 21.9 Å². The molecule has 0 saturated heterocycles. The van der Waals surface area contributed by atoms with Crippen molar-refractivity contribution in [2.24, 2.45) is 0 Å². The van der Waals surface area contributed by atoms with E-state index in [1.54, 1.807) is 0 Å². The predicted molar refractivity (Wildman–Crippen MR) is 231 cm³/mol. The Morgan fingerprint density at radius 3 is 1.64 bits per heavy atom. The number of furan rings is 1. The third-order valence-corrected chi connectivity index (χ3v) is 11.6. The minimum Gasteiger partial charge on any atom is -0.456 e. The molecule has 10 aromatic rings. The molecule has 0 N–H and O–H groups in total. The van der Waals surface area contributed by atoms with Crippen molar-refractivity contribution in [3.8, 4) is 55.9 Å². The Kier molecular flexibility index (Phi) is 7.43. The molecule has 2 heterocycles. The van der Waals surface area contributed by atoms with Crippen LogP contribution in [0.1, 0.15) is 22.3 Å². The van der Waals surface area contributed by atoms with Crippen LogP contribution in [-0.2, 0) is 5.41 Å². The Labute approximate surface area is 326 Å². The van der Waals surface area contributed by atoms with Gasteiger partial charge in [-0.1, -0.05) is 170 Å². The monoisotopic (exact) mass is 713 g/mol. The van der Waals surface area contributed by atoms with Crippen LogP contribution in [-0.4, -0.2) is 4.98 Å². The van der Waals surface area contributed by atoms with Crippen LogP contribution in [0.5, 0.6) is 0 Å². The molecule has 0 bridgehead atoms. The molecule has 0 spiro atoms. The van der Waals surface area contributed by atoms with E-state index in [4.69, 9.17) is 9.40 Å². The van der Waals surface area contributed by atoms with Crippen LogP contribution in [0.2, 0.25) is 0 Å². The van der Waals surface area contributed by atoms with Gasteiger partial charge in [0.25, 0.3) is 0 Å². The Bertz CT molecular complexity index is 2960. The first-order valence-corrected chi connectivity index (χ1v) is 19.2. The number of pyridine rings is 1. The number of fused-ring (bicyclic) bond motifs is 6. The second-order valence-corrected chi connectivity index (χ2v) is 14.6. The molecule has 56 heavy (non-hydrogen) atoms. The molecule has 0 saturated carbocycles. The highest BCUT2D eigenvalue weighted by Crippen LogP contribution is 2.58. The number of para-hydroxylation sites is 1. The predicted octanol–water partition coefficient (Wildman–Crippen LogP) is 14.0. The molecule has 2 aromatic heterocycles. The average molecular weight is 714 g/mol. The van der Waals surface area contributed by atoms with Gasteiger partial charge in [0.1, 0.15) is 11.2 Å². The van der Waals surface area contributed by atoms with E-state index in [0.717, 1.165) is 66.7 Å². The zero-order valence-corrected chi connectivity index (χ0v) is 30.6. The van der Waals surface area contributed by atoms with Gasteiger partial charge in [0.2, 0.25) is 0 Å². The molecule has 262 valence electrons. The first-order valence-electron chi connectivity index (χ1n) is 19.2. The molecule has 0 radical (unpaired) electrons. The van der Waals surface area contributed by atoms with Gasteiger partial charge in [-0.25, -0.2) is 4.98 Å². The van der Waals surface area contributed by atoms with Crippen molar-refractivity contribution in [1.29, 1.82) is 0 Å². The summed E-state index contributed by atoms with van der Waals surface area (Å²) in [5, 5.41) is 2.21. The second-order valence-electron chi connectivity index (χ2n) is 14.6. The van der Waals surface area contributed by atoms with Gasteiger partial charge in [-0.15, -0.1) is 0 Å². The Balaban J connectivity index is 1.27. The lowest BCUT2D eigenvalue weighted by Crippen LogP contribution is -2.28. The third-order valence-electron chi connectivity index (χ3n) is 11.6. The Hall–Kier alpha value is -7.29. The molecule has 0 unspecified atom stereocenters. The fourth-order valence-electron chi connectivity index (χ4n) is 9.05. The average Bonchev–Trinajstić information content (AvgIpc) is 3.80. The Morgan fingerprint density at radius 2 is 0.911 bits per heavy atom. The molecule has 11 rings (SSSR count). The molecule has 2 nitrogen and oxygen atoms in total. The minimum absolute atomic E-state index is 0.550. The zero-order chi connectivity index (χ0) is 37.1. The first-order chi connectivity index (χ1) is 27.8. The van der Waals surface area contributed by atoms with Crippen LogP contribution in [0.25, 0.3) is 77.8 Å². The molecule has 1 aliphatic rings. The van der Waals surface area contributed by atoms with Crippen LogP contribution < -0.4 is 0 Å². The van der Waals surface area contributed by atoms with Gasteiger partial charge >= 0.3 is 0 Å². The maximum absolute atomic E-state index is 6.32. The number of aromatic nitrogens is 1. The SMILES string of the molecule is c1ccc(-c2cc(-c3ccccc3)nc(-c3cc4c(cc3-c3ccc5oc6ccccc6c5c3)-c3ccccc3C4(c3ccccc3)c3ccccc3)c2)cc1. The summed E-state index contributed by atoms with van der Waals surface area (Å²) in [4.78, 5) is 5.54. The smallest absolute Gasteiger partial charge is 0.135 e. The Morgan fingerprint density at radius 1 is 0.321 bits per heavy atom. The summed E-state index contributed by atoms with van der Waals surface area (Å²) in [7, 11) is 0. The van der Waals surface area contributed by atoms with Crippen molar-refractivity contribution in [2.75, 3.05) is 0 Å². The largest absolute Gasteiger partial charge is 0.456 e. The number of benzene rings is 8. The quantitative estimate of drug-likeness (QED) is 0.171. The molecule has 2 heteroatoms. The normalized spacial score (nSPS) is 12.8. The molecular weight excluding hydrogens is 679 g/mol. The van der Waals surface area contributed by atoms with Crippen molar-refractivity contribution in [1.82, 2.24) is 4.98 Å². The van der Waals surface area contributed by atoms with Crippen molar-refractivity contribution in [2.45, 2.75) is 5.41 Å². The first kappa shape index (κ1) is 32.2. The summed E-state index contributed by atoms with van der Waals surface area (Å²) in [5.74, 6) is 0. The summed E-state index contributed by atoms with van der Waals surface area (Å²) >= 11 is 0. The van der Waals surface area contributed by atoms with Crippen molar-refractivity contribution < 1.29 is 4.42 Å². The second kappa shape index (κ2) is 12.9. The highest BCUT2D eigenvalue weighted by Gasteiger charge is 2.46. The summed E-state index contributed by atoms with van der Waals surface area (Å²) in [6, 6.07) is 76.5. The molecular formula is C54H35NO. The van der Waals surface area contributed by atoms with Crippen LogP contribution >= 0.6 is 0 Å².